The number of aryl methyl sites for hydroxylation is 3. The van der Waals surface area contributed by atoms with Crippen LogP contribution in [0.2, 0.25) is 0 Å². The summed E-state index contributed by atoms with van der Waals surface area (Å²) in [4.78, 5) is 12.4. The first kappa shape index (κ1) is 17.5. The first-order valence-electron chi connectivity index (χ1n) is 8.77. The van der Waals surface area contributed by atoms with Crippen molar-refractivity contribution in [2.45, 2.75) is 52.7 Å². The van der Waals surface area contributed by atoms with Crippen molar-refractivity contribution in [3.63, 3.8) is 0 Å². The molecule has 0 bridgehead atoms. The fourth-order valence-corrected chi connectivity index (χ4v) is 3.31. The number of carbonyl (C=O) groups excluding carboxylic acids is 1. The lowest BCUT2D eigenvalue weighted by Crippen LogP contribution is -2.43. The van der Waals surface area contributed by atoms with Crippen LogP contribution in [-0.4, -0.2) is 34.6 Å². The average Bonchev–Trinajstić information content (AvgIpc) is 3.16. The highest BCUT2D eigenvalue weighted by molar-refractivity contribution is 5.89. The summed E-state index contributed by atoms with van der Waals surface area (Å²) >= 11 is 0. The number of rotatable bonds is 4. The van der Waals surface area contributed by atoms with Crippen LogP contribution in [0.15, 0.2) is 24.3 Å². The fraction of sp³-hybridized carbons (Fsp3) is 0.474. The molecule has 1 aromatic heterocycles. The molecule has 1 saturated heterocycles. The van der Waals surface area contributed by atoms with Crippen molar-refractivity contribution in [1.82, 2.24) is 15.1 Å². The predicted octanol–water partition coefficient (Wildman–Crippen LogP) is 3.49. The molecule has 1 fully saturated rings. The minimum absolute atomic E-state index is 0.0267. The maximum Gasteiger partial charge on any atom is 0.320 e. The highest BCUT2D eigenvalue weighted by Gasteiger charge is 2.24. The summed E-state index contributed by atoms with van der Waals surface area (Å²) in [5.41, 5.74) is 4.10. The van der Waals surface area contributed by atoms with Crippen LogP contribution in [-0.2, 0) is 4.74 Å². The summed E-state index contributed by atoms with van der Waals surface area (Å²) in [6.45, 7) is 8.77. The standard InChI is InChI=1S/C19H26N4O2/c1-12-8-13(2)10-16(9-12)23-18(11-14(3)22-23)21-19(24)20-15(4)17-6-5-7-25-17/h8-11,15,17H,5-7H2,1-4H3,(H2,20,21,24)/t15-,17-/m1/s1. The van der Waals surface area contributed by atoms with Gasteiger partial charge in [0.15, 0.2) is 0 Å². The molecule has 0 unspecified atom stereocenters. The molecule has 3 rings (SSSR count). The fourth-order valence-electron chi connectivity index (χ4n) is 3.31. The van der Waals surface area contributed by atoms with Crippen LogP contribution >= 0.6 is 0 Å². The normalized spacial score (nSPS) is 18.2. The molecule has 2 amide bonds. The second-order valence-corrected chi connectivity index (χ2v) is 6.87. The van der Waals surface area contributed by atoms with Gasteiger partial charge in [0.25, 0.3) is 0 Å². The summed E-state index contributed by atoms with van der Waals surface area (Å²) < 4.78 is 7.40. The second kappa shape index (κ2) is 7.27. The zero-order valence-electron chi connectivity index (χ0n) is 15.3. The number of hydrogen-bond donors (Lipinski definition) is 2. The number of ether oxygens (including phenoxy) is 1. The molecule has 0 radical (unpaired) electrons. The predicted molar refractivity (Wildman–Crippen MR) is 98.4 cm³/mol. The van der Waals surface area contributed by atoms with Gasteiger partial charge in [-0.25, -0.2) is 9.48 Å². The number of nitrogens with one attached hydrogen (secondary N) is 2. The number of nitrogens with zero attached hydrogens (tertiary/aromatic N) is 2. The van der Waals surface area contributed by atoms with Crippen LogP contribution < -0.4 is 10.6 Å². The molecule has 2 aromatic rings. The number of carbonyl (C=O) groups is 1. The molecule has 0 spiro atoms. The van der Waals surface area contributed by atoms with E-state index in [0.29, 0.717) is 5.82 Å². The van der Waals surface area contributed by atoms with E-state index in [4.69, 9.17) is 4.74 Å². The minimum Gasteiger partial charge on any atom is -0.376 e. The molecule has 0 aliphatic carbocycles. The van der Waals surface area contributed by atoms with E-state index in [1.165, 1.54) is 0 Å². The van der Waals surface area contributed by atoms with Gasteiger partial charge < -0.3 is 10.1 Å². The molecule has 2 heterocycles. The van der Waals surface area contributed by atoms with Crippen LogP contribution in [0.1, 0.15) is 36.6 Å². The highest BCUT2D eigenvalue weighted by Crippen LogP contribution is 2.20. The van der Waals surface area contributed by atoms with Gasteiger partial charge in [0.05, 0.1) is 23.5 Å². The van der Waals surface area contributed by atoms with Gasteiger partial charge in [0, 0.05) is 12.7 Å². The zero-order valence-corrected chi connectivity index (χ0v) is 15.3. The molecule has 6 heteroatoms. The van der Waals surface area contributed by atoms with Gasteiger partial charge in [-0.05, 0) is 63.8 Å². The lowest BCUT2D eigenvalue weighted by Gasteiger charge is -2.20. The van der Waals surface area contributed by atoms with Crippen LogP contribution in [0.25, 0.3) is 5.69 Å². The Hall–Kier alpha value is -2.34. The molecule has 134 valence electrons. The summed E-state index contributed by atoms with van der Waals surface area (Å²) in [5, 5.41) is 10.4. The monoisotopic (exact) mass is 342 g/mol. The van der Waals surface area contributed by atoms with Crippen molar-refractivity contribution in [2.75, 3.05) is 11.9 Å². The zero-order chi connectivity index (χ0) is 18.0. The number of hydrogen-bond acceptors (Lipinski definition) is 3. The van der Waals surface area contributed by atoms with E-state index in [1.54, 1.807) is 4.68 Å². The summed E-state index contributed by atoms with van der Waals surface area (Å²) in [7, 11) is 0. The van der Waals surface area contributed by atoms with Crippen molar-refractivity contribution >= 4 is 11.8 Å². The number of benzene rings is 1. The molecule has 0 saturated carbocycles. The number of urea groups is 1. The molecule has 25 heavy (non-hydrogen) atoms. The van der Waals surface area contributed by atoms with Crippen LogP contribution in [0.4, 0.5) is 10.6 Å². The molecular weight excluding hydrogens is 316 g/mol. The van der Waals surface area contributed by atoms with Crippen LogP contribution in [0.3, 0.4) is 0 Å². The van der Waals surface area contributed by atoms with Gasteiger partial charge in [-0.3, -0.25) is 5.32 Å². The van der Waals surface area contributed by atoms with Crippen molar-refractivity contribution in [3.8, 4) is 5.69 Å². The Kier molecular flexibility index (Phi) is 5.08. The number of aromatic nitrogens is 2. The van der Waals surface area contributed by atoms with E-state index in [2.05, 4.69) is 47.8 Å². The Morgan fingerprint density at radius 3 is 2.60 bits per heavy atom. The van der Waals surface area contributed by atoms with Crippen molar-refractivity contribution in [3.05, 3.63) is 41.1 Å². The van der Waals surface area contributed by atoms with Crippen molar-refractivity contribution < 1.29 is 9.53 Å². The summed E-state index contributed by atoms with van der Waals surface area (Å²) in [6.07, 6.45) is 2.13. The SMILES string of the molecule is Cc1cc(C)cc(-n2nc(C)cc2NC(=O)N[C@H](C)[C@H]2CCCO2)c1. The Balaban J connectivity index is 1.75. The first-order chi connectivity index (χ1) is 11.9. The molecule has 2 atom stereocenters. The van der Waals surface area contributed by atoms with Gasteiger partial charge >= 0.3 is 6.03 Å². The molecular formula is C19H26N4O2. The topological polar surface area (TPSA) is 68.2 Å². The number of amides is 2. The molecule has 1 aliphatic heterocycles. The smallest absolute Gasteiger partial charge is 0.320 e. The maximum atomic E-state index is 12.4. The molecule has 1 aromatic carbocycles. The number of anilines is 1. The Labute approximate surface area is 148 Å². The molecule has 1 aliphatic rings. The van der Waals surface area contributed by atoms with E-state index in [9.17, 15) is 4.79 Å². The van der Waals surface area contributed by atoms with Gasteiger partial charge in [-0.2, -0.15) is 5.10 Å². The van der Waals surface area contributed by atoms with E-state index >= 15 is 0 Å². The van der Waals surface area contributed by atoms with E-state index in [-0.39, 0.29) is 18.2 Å². The molecule has 6 nitrogen and oxygen atoms in total. The first-order valence-corrected chi connectivity index (χ1v) is 8.77. The summed E-state index contributed by atoms with van der Waals surface area (Å²) in [5.74, 6) is 0.652. The van der Waals surface area contributed by atoms with E-state index in [1.807, 2.05) is 19.9 Å². The third-order valence-corrected chi connectivity index (χ3v) is 4.41. The van der Waals surface area contributed by atoms with Crippen LogP contribution in [0, 0.1) is 20.8 Å². The van der Waals surface area contributed by atoms with Crippen molar-refractivity contribution in [1.29, 1.82) is 0 Å². The van der Waals surface area contributed by atoms with Gasteiger partial charge in [-0.15, -0.1) is 0 Å². The highest BCUT2D eigenvalue weighted by atomic mass is 16.5. The lowest BCUT2D eigenvalue weighted by atomic mass is 10.1. The minimum atomic E-state index is -0.242. The second-order valence-electron chi connectivity index (χ2n) is 6.87. The van der Waals surface area contributed by atoms with Gasteiger partial charge in [0.1, 0.15) is 5.82 Å². The maximum absolute atomic E-state index is 12.4. The van der Waals surface area contributed by atoms with Crippen molar-refractivity contribution in [2.24, 2.45) is 0 Å². The summed E-state index contributed by atoms with van der Waals surface area (Å²) in [6, 6.07) is 7.82. The Bertz CT molecular complexity index is 743. The Morgan fingerprint density at radius 2 is 1.96 bits per heavy atom. The van der Waals surface area contributed by atoms with Crippen LogP contribution in [0.5, 0.6) is 0 Å². The molecule has 2 N–H and O–H groups in total. The third kappa shape index (κ3) is 4.20. The largest absolute Gasteiger partial charge is 0.376 e. The van der Waals surface area contributed by atoms with Gasteiger partial charge in [0.2, 0.25) is 0 Å². The van der Waals surface area contributed by atoms with E-state index < -0.39 is 0 Å². The quantitative estimate of drug-likeness (QED) is 0.894. The third-order valence-electron chi connectivity index (χ3n) is 4.41. The Morgan fingerprint density at radius 1 is 1.24 bits per heavy atom. The lowest BCUT2D eigenvalue weighted by molar-refractivity contribution is 0.0868. The average molecular weight is 342 g/mol. The van der Waals surface area contributed by atoms with E-state index in [0.717, 1.165) is 42.0 Å². The van der Waals surface area contributed by atoms with Gasteiger partial charge in [-0.1, -0.05) is 6.07 Å².